The van der Waals surface area contributed by atoms with E-state index in [9.17, 15) is 18.0 Å². The Morgan fingerprint density at radius 2 is 2.07 bits per heavy atom. The van der Waals surface area contributed by atoms with Crippen LogP contribution in [0.1, 0.15) is 35.9 Å². The first kappa shape index (κ1) is 19.0. The summed E-state index contributed by atoms with van der Waals surface area (Å²) in [6.45, 7) is 0.497. The first-order valence-corrected chi connectivity index (χ1v) is 9.00. The van der Waals surface area contributed by atoms with Gasteiger partial charge in [0.05, 0.1) is 17.9 Å². The second kappa shape index (κ2) is 7.26. The van der Waals surface area contributed by atoms with Gasteiger partial charge in [0, 0.05) is 24.5 Å². The van der Waals surface area contributed by atoms with Gasteiger partial charge in [0.15, 0.2) is 5.65 Å². The van der Waals surface area contributed by atoms with Gasteiger partial charge in [-0.05, 0) is 42.0 Å². The molecule has 1 aromatic carbocycles. The summed E-state index contributed by atoms with van der Waals surface area (Å²) in [7, 11) is 0. The molecule has 0 saturated carbocycles. The van der Waals surface area contributed by atoms with Crippen molar-refractivity contribution in [3.05, 3.63) is 47.9 Å². The fourth-order valence-corrected chi connectivity index (χ4v) is 3.96. The highest BCUT2D eigenvalue weighted by molar-refractivity contribution is 5.74. The fourth-order valence-electron chi connectivity index (χ4n) is 3.96. The van der Waals surface area contributed by atoms with Crippen molar-refractivity contribution >= 4 is 23.3 Å². The summed E-state index contributed by atoms with van der Waals surface area (Å²) in [6, 6.07) is 5.39. The average molecular weight is 405 g/mol. The minimum atomic E-state index is -4.80. The van der Waals surface area contributed by atoms with Crippen molar-refractivity contribution in [2.24, 2.45) is 0 Å². The Kier molecular flexibility index (Phi) is 4.77. The predicted molar refractivity (Wildman–Crippen MR) is 98.9 cm³/mol. The number of aromatic amines is 1. The number of alkyl halides is 3. The second-order valence-corrected chi connectivity index (χ2v) is 6.92. The van der Waals surface area contributed by atoms with E-state index in [4.69, 9.17) is 5.73 Å². The lowest BCUT2D eigenvalue weighted by Gasteiger charge is -2.38. The number of nitrogens with two attached hydrogens (primary N) is 1. The number of carbonyl (C=O) groups is 1. The molecule has 29 heavy (non-hydrogen) atoms. The van der Waals surface area contributed by atoms with Gasteiger partial charge in [-0.3, -0.25) is 4.79 Å². The van der Waals surface area contributed by atoms with Gasteiger partial charge in [-0.1, -0.05) is 6.07 Å². The number of rotatable bonds is 4. The molecule has 2 unspecified atom stereocenters. The Bertz CT molecular complexity index is 1040. The molecule has 3 N–H and O–H groups in total. The Balaban J connectivity index is 1.64. The molecule has 0 aliphatic carbocycles. The summed E-state index contributed by atoms with van der Waals surface area (Å²) >= 11 is 0. The molecule has 1 aliphatic heterocycles. The number of aromatic nitrogens is 3. The summed E-state index contributed by atoms with van der Waals surface area (Å²) in [5.74, 6) is -0.287. The van der Waals surface area contributed by atoms with Crippen molar-refractivity contribution in [2.75, 3.05) is 12.3 Å². The van der Waals surface area contributed by atoms with Crippen LogP contribution in [0.25, 0.3) is 11.2 Å². The minimum Gasteiger partial charge on any atom is -0.406 e. The first-order valence-electron chi connectivity index (χ1n) is 9.00. The van der Waals surface area contributed by atoms with Crippen LogP contribution in [-0.2, 0) is 4.79 Å². The third-order valence-corrected chi connectivity index (χ3v) is 5.23. The Hall–Kier alpha value is -3.30. The maximum Gasteiger partial charge on any atom is 0.573 e. The number of piperidine rings is 1. The highest BCUT2D eigenvalue weighted by Gasteiger charge is 2.34. The number of likely N-dealkylation sites (tertiary alicyclic amines) is 1. The smallest absolute Gasteiger partial charge is 0.406 e. The monoisotopic (exact) mass is 405 g/mol. The molecule has 0 spiro atoms. The first-order chi connectivity index (χ1) is 13.9. The van der Waals surface area contributed by atoms with Crippen LogP contribution in [0, 0.1) is 0 Å². The van der Waals surface area contributed by atoms with Gasteiger partial charge >= 0.3 is 6.36 Å². The number of hydrogen-bond donors (Lipinski definition) is 2. The van der Waals surface area contributed by atoms with Crippen LogP contribution < -0.4 is 10.5 Å². The molecule has 3 heterocycles. The molecule has 1 fully saturated rings. The van der Waals surface area contributed by atoms with Crippen LogP contribution in [0.5, 0.6) is 5.75 Å². The van der Waals surface area contributed by atoms with Crippen LogP contribution in [-0.4, -0.2) is 39.2 Å². The molecule has 1 saturated heterocycles. The summed E-state index contributed by atoms with van der Waals surface area (Å²) in [4.78, 5) is 24.7. The molecule has 3 aromatic rings. The zero-order valence-electron chi connectivity index (χ0n) is 15.2. The lowest BCUT2D eigenvalue weighted by Crippen LogP contribution is -2.35. The third-order valence-electron chi connectivity index (χ3n) is 5.23. The van der Waals surface area contributed by atoms with E-state index in [1.807, 2.05) is 6.07 Å². The summed E-state index contributed by atoms with van der Waals surface area (Å²) in [5.41, 5.74) is 9.26. The number of H-pyrrole nitrogens is 1. The van der Waals surface area contributed by atoms with Crippen molar-refractivity contribution in [3.8, 4) is 5.75 Å². The number of nitrogen functional groups attached to an aromatic ring is 1. The molecule has 152 valence electrons. The fraction of sp³-hybridized carbons (Fsp3) is 0.316. The number of carbonyl (C=O) groups excluding carboxylic acids is 1. The van der Waals surface area contributed by atoms with Crippen molar-refractivity contribution in [3.63, 3.8) is 0 Å². The summed E-state index contributed by atoms with van der Waals surface area (Å²) < 4.78 is 41.3. The molecule has 1 aliphatic rings. The zero-order chi connectivity index (χ0) is 20.6. The number of fused-ring (bicyclic) bond motifs is 1. The molecule has 2 atom stereocenters. The van der Waals surface area contributed by atoms with E-state index in [2.05, 4.69) is 19.7 Å². The van der Waals surface area contributed by atoms with E-state index < -0.39 is 12.1 Å². The molecule has 0 bridgehead atoms. The summed E-state index contributed by atoms with van der Waals surface area (Å²) in [5, 5.41) is 0. The van der Waals surface area contributed by atoms with Gasteiger partial charge in [0.25, 0.3) is 0 Å². The number of anilines is 1. The normalized spacial score (nSPS) is 20.0. The molecular weight excluding hydrogens is 387 g/mol. The van der Waals surface area contributed by atoms with Crippen molar-refractivity contribution in [2.45, 2.75) is 31.2 Å². The number of benzene rings is 1. The zero-order valence-corrected chi connectivity index (χ0v) is 15.2. The molecule has 7 nitrogen and oxygen atoms in total. The Morgan fingerprint density at radius 1 is 1.24 bits per heavy atom. The van der Waals surface area contributed by atoms with Crippen LogP contribution >= 0.6 is 0 Å². The molecule has 4 rings (SSSR count). The quantitative estimate of drug-likeness (QED) is 0.511. The Morgan fingerprint density at radius 3 is 2.79 bits per heavy atom. The van der Waals surface area contributed by atoms with Crippen molar-refractivity contribution in [1.29, 1.82) is 0 Å². The molecule has 0 radical (unpaired) electrons. The maximum atomic E-state index is 12.5. The van der Waals surface area contributed by atoms with Crippen molar-refractivity contribution in [1.82, 2.24) is 19.9 Å². The predicted octanol–water partition coefficient (Wildman–Crippen LogP) is 3.52. The third kappa shape index (κ3) is 3.82. The largest absolute Gasteiger partial charge is 0.573 e. The maximum absolute atomic E-state index is 12.5. The molecular formula is C19H18F3N5O2. The van der Waals surface area contributed by atoms with Crippen LogP contribution in [0.3, 0.4) is 0 Å². The lowest BCUT2D eigenvalue weighted by molar-refractivity contribution is -0.274. The van der Waals surface area contributed by atoms with Crippen LogP contribution in [0.15, 0.2) is 36.8 Å². The number of ether oxygens (including phenoxy) is 1. The van der Waals surface area contributed by atoms with E-state index in [-0.39, 0.29) is 17.6 Å². The van der Waals surface area contributed by atoms with Crippen molar-refractivity contribution < 1.29 is 22.7 Å². The number of pyridine rings is 1. The van der Waals surface area contributed by atoms with Crippen LogP contribution in [0.4, 0.5) is 18.9 Å². The highest BCUT2D eigenvalue weighted by atomic mass is 19.4. The summed E-state index contributed by atoms with van der Waals surface area (Å²) in [6.07, 6.45) is 0.533. The number of halogens is 3. The molecule has 10 heteroatoms. The van der Waals surface area contributed by atoms with E-state index in [0.717, 1.165) is 30.0 Å². The van der Waals surface area contributed by atoms with Gasteiger partial charge in [0.2, 0.25) is 6.41 Å². The number of amides is 1. The molecule has 1 amide bonds. The average Bonchev–Trinajstić information content (AvgIpc) is 3.15. The van der Waals surface area contributed by atoms with Gasteiger partial charge in [0.1, 0.15) is 5.75 Å². The van der Waals surface area contributed by atoms with Gasteiger partial charge in [-0.25, -0.2) is 9.97 Å². The standard InChI is InChI=1S/C19H18F3N5O2/c20-19(21,22)29-12-1-2-14(15(23)8-12)16-7-11(4-6-27(16)10-28)13-3-5-24-18-17(13)25-9-26-18/h1-3,5,8-11,16H,4,6-7,23H2,(H,24,25,26). The van der Waals surface area contributed by atoms with Gasteiger partial charge in [-0.2, -0.15) is 0 Å². The SMILES string of the molecule is Nc1cc(OC(F)(F)F)ccc1C1CC(c2ccnc3nc[nH]c23)CCN1C=O. The lowest BCUT2D eigenvalue weighted by atomic mass is 9.82. The van der Waals surface area contributed by atoms with E-state index in [1.54, 1.807) is 17.4 Å². The number of hydrogen-bond acceptors (Lipinski definition) is 5. The number of nitrogens with zero attached hydrogens (tertiary/aromatic N) is 3. The number of imidazole rings is 1. The van der Waals surface area contributed by atoms with E-state index >= 15 is 0 Å². The van der Waals surface area contributed by atoms with Gasteiger partial charge in [-0.15, -0.1) is 13.2 Å². The topological polar surface area (TPSA) is 97.1 Å². The minimum absolute atomic E-state index is 0.104. The van der Waals surface area contributed by atoms with Crippen LogP contribution in [0.2, 0.25) is 0 Å². The van der Waals surface area contributed by atoms with E-state index in [1.165, 1.54) is 12.1 Å². The highest BCUT2D eigenvalue weighted by Crippen LogP contribution is 2.42. The molecule has 2 aromatic heterocycles. The van der Waals surface area contributed by atoms with Gasteiger partial charge < -0.3 is 20.4 Å². The van der Waals surface area contributed by atoms with E-state index in [0.29, 0.717) is 24.2 Å². The number of nitrogens with one attached hydrogen (secondary N) is 1. The Labute approximate surface area is 163 Å². The second-order valence-electron chi connectivity index (χ2n) is 6.92.